The molecule has 0 aromatic carbocycles. The fourth-order valence-corrected chi connectivity index (χ4v) is 11.8. The molecule has 1 rings (SSSR count). The maximum absolute atomic E-state index is 12.1. The van der Waals surface area contributed by atoms with Crippen LogP contribution in [0, 0.1) is 29.1 Å². The van der Waals surface area contributed by atoms with Gasteiger partial charge in [-0.2, -0.15) is 0 Å². The van der Waals surface area contributed by atoms with E-state index in [1.807, 2.05) is 0 Å². The summed E-state index contributed by atoms with van der Waals surface area (Å²) >= 11 is 0. The molecule has 1 aliphatic rings. The van der Waals surface area contributed by atoms with Gasteiger partial charge in [0.2, 0.25) is 0 Å². The molecule has 4 nitrogen and oxygen atoms in total. The van der Waals surface area contributed by atoms with Crippen LogP contribution in [0.3, 0.4) is 0 Å². The van der Waals surface area contributed by atoms with Crippen LogP contribution in [-0.2, 0) is 18.4 Å². The lowest BCUT2D eigenvalue weighted by molar-refractivity contribution is -0.142. The van der Waals surface area contributed by atoms with E-state index in [0.717, 1.165) is 6.42 Å². The molecule has 1 unspecified atom stereocenters. The Hall–Kier alpha value is -0.176. The van der Waals surface area contributed by atoms with E-state index < -0.39 is 19.5 Å². The SMILES string of the molecule is CCCCCCCCCCCCCCCCCC[C@H](C)[C@H](C(CCCCCCCCCCCCCCCCC)[C]1C[C@H]1OC(C)=O)C(C)(C)C(O[SiH2]C)O[SiH2]C. The summed E-state index contributed by atoms with van der Waals surface area (Å²) in [6, 6.07) is 0. The van der Waals surface area contributed by atoms with Crippen LogP contribution in [0.4, 0.5) is 0 Å². The van der Waals surface area contributed by atoms with E-state index in [2.05, 4.69) is 47.7 Å². The van der Waals surface area contributed by atoms with Gasteiger partial charge in [0.25, 0.3) is 0 Å². The molecule has 333 valence electrons. The Bertz CT molecular complexity index is 862. The Morgan fingerprint density at radius 1 is 0.571 bits per heavy atom. The largest absolute Gasteiger partial charge is 0.462 e. The Kier molecular flexibility index (Phi) is 35.2. The number of rotatable bonds is 43. The molecule has 1 fully saturated rings. The van der Waals surface area contributed by atoms with Crippen LogP contribution in [0.2, 0.25) is 13.1 Å². The summed E-state index contributed by atoms with van der Waals surface area (Å²) in [6.45, 7) is 18.1. The van der Waals surface area contributed by atoms with Crippen molar-refractivity contribution >= 4 is 25.5 Å². The normalized spacial score (nSPS) is 17.3. The zero-order valence-corrected chi connectivity index (χ0v) is 42.3. The van der Waals surface area contributed by atoms with E-state index in [1.165, 1.54) is 218 Å². The molecule has 1 aliphatic carbocycles. The first-order chi connectivity index (χ1) is 27.2. The topological polar surface area (TPSA) is 44.8 Å². The molecule has 0 spiro atoms. The lowest BCUT2D eigenvalue weighted by Gasteiger charge is -2.47. The van der Waals surface area contributed by atoms with Crippen molar-refractivity contribution in [2.75, 3.05) is 0 Å². The first-order valence-corrected chi connectivity index (χ1v) is 29.5. The summed E-state index contributed by atoms with van der Waals surface area (Å²) in [7, 11) is -1.21. The number of carbonyl (C=O) groups excluding carboxylic acids is 1. The highest BCUT2D eigenvalue weighted by molar-refractivity contribution is 6.26. The van der Waals surface area contributed by atoms with Gasteiger partial charge >= 0.3 is 5.97 Å². The second-order valence-electron chi connectivity index (χ2n) is 18.9. The zero-order valence-electron chi connectivity index (χ0n) is 39.5. The number of esters is 1. The molecule has 0 heterocycles. The molecule has 56 heavy (non-hydrogen) atoms. The van der Waals surface area contributed by atoms with Gasteiger partial charge in [0.05, 0.1) is 0 Å². The minimum atomic E-state index is -0.606. The molecule has 0 amide bonds. The van der Waals surface area contributed by atoms with E-state index >= 15 is 0 Å². The van der Waals surface area contributed by atoms with Gasteiger partial charge in [-0.3, -0.25) is 4.79 Å². The summed E-state index contributed by atoms with van der Waals surface area (Å²) in [5.41, 5.74) is -0.0863. The standard InChI is InChI=1S/C50H101O4Si2/c1-9-11-13-15-17-19-21-23-25-27-28-30-32-34-36-38-40-43(3)48(50(5,6)49(53-55-7)54-56-8)45(46-42-47(46)52-44(4)51)41-39-37-35-33-31-29-26-24-22-20-18-16-14-12-10-2/h43,45,47-49H,9-42,55-56H2,1-8H3/t43-,45?,47+,48+/m0/s1. The first-order valence-electron chi connectivity index (χ1n) is 25.5. The predicted octanol–water partition coefficient (Wildman–Crippen LogP) is 15.3. The highest BCUT2D eigenvalue weighted by atomic mass is 28.2. The van der Waals surface area contributed by atoms with Crippen LogP contribution < -0.4 is 0 Å². The van der Waals surface area contributed by atoms with Crippen molar-refractivity contribution < 1.29 is 18.4 Å². The van der Waals surface area contributed by atoms with Gasteiger partial charge in [0.15, 0.2) is 19.5 Å². The van der Waals surface area contributed by atoms with Crippen LogP contribution in [-0.4, -0.2) is 37.9 Å². The van der Waals surface area contributed by atoms with Gasteiger partial charge in [-0.05, 0) is 30.6 Å². The third-order valence-electron chi connectivity index (χ3n) is 13.2. The van der Waals surface area contributed by atoms with Crippen molar-refractivity contribution in [2.24, 2.45) is 23.2 Å². The summed E-state index contributed by atoms with van der Waals surface area (Å²) in [5.74, 6) is 2.89. The highest BCUT2D eigenvalue weighted by Gasteiger charge is 2.54. The third kappa shape index (κ3) is 26.8. The fraction of sp³-hybridized carbons (Fsp3) is 0.960. The van der Waals surface area contributed by atoms with Gasteiger partial charge in [-0.15, -0.1) is 0 Å². The van der Waals surface area contributed by atoms with Crippen molar-refractivity contribution in [1.29, 1.82) is 0 Å². The Morgan fingerprint density at radius 2 is 0.893 bits per heavy atom. The molecule has 0 aliphatic heterocycles. The molecular formula is C50H101O4Si2. The van der Waals surface area contributed by atoms with E-state index in [9.17, 15) is 4.79 Å². The Morgan fingerprint density at radius 3 is 1.21 bits per heavy atom. The average molecular weight is 823 g/mol. The van der Waals surface area contributed by atoms with Gasteiger partial charge in [-0.25, -0.2) is 0 Å². The fourth-order valence-electron chi connectivity index (χ4n) is 9.97. The summed E-state index contributed by atoms with van der Waals surface area (Å²) in [6.07, 6.45) is 46.9. The number of ether oxygens (including phenoxy) is 1. The summed E-state index contributed by atoms with van der Waals surface area (Å²) in [5, 5.41) is 0. The molecule has 0 aromatic heterocycles. The van der Waals surface area contributed by atoms with E-state index in [4.69, 9.17) is 13.6 Å². The van der Waals surface area contributed by atoms with Crippen molar-refractivity contribution in [3.63, 3.8) is 0 Å². The van der Waals surface area contributed by atoms with Gasteiger partial charge in [-0.1, -0.05) is 253 Å². The van der Waals surface area contributed by atoms with Crippen LogP contribution in [0.15, 0.2) is 0 Å². The van der Waals surface area contributed by atoms with Gasteiger partial charge in [0.1, 0.15) is 12.4 Å². The maximum Gasteiger partial charge on any atom is 0.302 e. The number of hydrogen-bond donors (Lipinski definition) is 0. The van der Waals surface area contributed by atoms with Crippen LogP contribution in [0.25, 0.3) is 0 Å². The number of unbranched alkanes of at least 4 members (excludes halogenated alkanes) is 29. The van der Waals surface area contributed by atoms with Crippen molar-refractivity contribution in [3.8, 4) is 0 Å². The lowest BCUT2D eigenvalue weighted by Crippen LogP contribution is -2.47. The summed E-state index contributed by atoms with van der Waals surface area (Å²) < 4.78 is 18.9. The molecule has 4 atom stereocenters. The second-order valence-corrected chi connectivity index (χ2v) is 20.7. The van der Waals surface area contributed by atoms with Crippen LogP contribution in [0.5, 0.6) is 0 Å². The predicted molar refractivity (Wildman–Crippen MR) is 252 cm³/mol. The Labute approximate surface area is 357 Å². The average Bonchev–Trinajstić information content (AvgIpc) is 3.93. The monoisotopic (exact) mass is 822 g/mol. The van der Waals surface area contributed by atoms with Crippen LogP contribution >= 0.6 is 0 Å². The van der Waals surface area contributed by atoms with E-state index in [0.29, 0.717) is 17.8 Å². The van der Waals surface area contributed by atoms with Gasteiger partial charge < -0.3 is 13.6 Å². The molecule has 6 heteroatoms. The highest BCUT2D eigenvalue weighted by Crippen LogP contribution is 2.55. The molecule has 1 saturated carbocycles. The minimum absolute atomic E-state index is 0.0243. The van der Waals surface area contributed by atoms with Crippen molar-refractivity contribution in [1.82, 2.24) is 0 Å². The lowest BCUT2D eigenvalue weighted by atomic mass is 9.62. The van der Waals surface area contributed by atoms with Crippen molar-refractivity contribution in [2.45, 2.75) is 285 Å². The molecule has 0 saturated heterocycles. The zero-order chi connectivity index (χ0) is 41.1. The number of carbonyl (C=O) groups is 1. The smallest absolute Gasteiger partial charge is 0.302 e. The van der Waals surface area contributed by atoms with E-state index in [-0.39, 0.29) is 23.8 Å². The number of hydrogen-bond acceptors (Lipinski definition) is 4. The molecule has 0 N–H and O–H groups in total. The third-order valence-corrected chi connectivity index (χ3v) is 14.5. The van der Waals surface area contributed by atoms with Crippen LogP contribution in [0.1, 0.15) is 260 Å². The molecule has 1 radical (unpaired) electrons. The Balaban J connectivity index is 2.62. The first kappa shape index (κ1) is 53.8. The van der Waals surface area contributed by atoms with E-state index in [1.54, 1.807) is 6.92 Å². The molecule has 0 aromatic rings. The van der Waals surface area contributed by atoms with Crippen molar-refractivity contribution in [3.05, 3.63) is 5.92 Å². The minimum Gasteiger partial charge on any atom is -0.462 e. The quantitative estimate of drug-likeness (QED) is 0.0266. The second kappa shape index (κ2) is 36.7. The van der Waals surface area contributed by atoms with Gasteiger partial charge in [0, 0.05) is 18.3 Å². The summed E-state index contributed by atoms with van der Waals surface area (Å²) in [4.78, 5) is 12.1. The molecule has 0 bridgehead atoms. The maximum atomic E-state index is 12.1. The molecular weight excluding hydrogens is 721 g/mol.